The number of hydrogen-bond donors (Lipinski definition) is 1. The first-order valence-corrected chi connectivity index (χ1v) is 9.01. The van der Waals surface area contributed by atoms with Crippen LogP contribution < -0.4 is 5.32 Å². The maximum absolute atomic E-state index is 11.8. The van der Waals surface area contributed by atoms with E-state index >= 15 is 0 Å². The summed E-state index contributed by atoms with van der Waals surface area (Å²) in [4.78, 5) is 13.3. The smallest absolute Gasteiger partial charge is 0.253 e. The number of hydrogen-bond acceptors (Lipinski definition) is 4. The highest BCUT2D eigenvalue weighted by Crippen LogP contribution is 2.28. The van der Waals surface area contributed by atoms with E-state index in [0.717, 1.165) is 18.5 Å². The minimum atomic E-state index is -3.03. The number of anilines is 1. The summed E-state index contributed by atoms with van der Waals surface area (Å²) in [6.07, 6.45) is 3.80. The summed E-state index contributed by atoms with van der Waals surface area (Å²) < 4.78 is 23.5. The fourth-order valence-electron chi connectivity index (χ4n) is 2.78. The van der Waals surface area contributed by atoms with Gasteiger partial charge in [-0.2, -0.15) is 0 Å². The molecule has 2 unspecified atom stereocenters. The van der Waals surface area contributed by atoms with Crippen molar-refractivity contribution in [1.29, 1.82) is 0 Å². The van der Waals surface area contributed by atoms with Crippen LogP contribution in [0.5, 0.6) is 0 Å². The Hall–Kier alpha value is -1.56. The van der Waals surface area contributed by atoms with Crippen LogP contribution in [-0.4, -0.2) is 50.9 Å². The predicted octanol–water partition coefficient (Wildman–Crippen LogP) is 1.77. The normalized spacial score (nSPS) is 22.0. The Morgan fingerprint density at radius 2 is 1.81 bits per heavy atom. The lowest BCUT2D eigenvalue weighted by atomic mass is 10.1. The van der Waals surface area contributed by atoms with E-state index in [1.54, 1.807) is 26.2 Å². The van der Waals surface area contributed by atoms with Gasteiger partial charge in [0.2, 0.25) is 0 Å². The van der Waals surface area contributed by atoms with Crippen LogP contribution in [0.25, 0.3) is 0 Å². The lowest BCUT2D eigenvalue weighted by Crippen LogP contribution is -2.34. The standard InChI is InChI=1S/C15H22N2O3S/c1-17(2)15(18)11-7-9-12(10-8-11)16-13-5-4-6-14(13)21(3,19)20/h7-10,13-14,16H,4-6H2,1-3H3. The zero-order valence-corrected chi connectivity index (χ0v) is 13.5. The molecule has 1 aliphatic rings. The van der Waals surface area contributed by atoms with E-state index in [2.05, 4.69) is 5.32 Å². The van der Waals surface area contributed by atoms with Crippen molar-refractivity contribution in [2.75, 3.05) is 25.7 Å². The Labute approximate surface area is 126 Å². The van der Waals surface area contributed by atoms with Gasteiger partial charge in [-0.3, -0.25) is 4.79 Å². The lowest BCUT2D eigenvalue weighted by molar-refractivity contribution is 0.0827. The molecule has 0 aromatic heterocycles. The van der Waals surface area contributed by atoms with Crippen LogP contribution in [-0.2, 0) is 9.84 Å². The topological polar surface area (TPSA) is 66.5 Å². The molecule has 2 atom stereocenters. The molecule has 0 spiro atoms. The van der Waals surface area contributed by atoms with E-state index < -0.39 is 9.84 Å². The van der Waals surface area contributed by atoms with Gasteiger partial charge < -0.3 is 10.2 Å². The van der Waals surface area contributed by atoms with Crippen molar-refractivity contribution in [3.8, 4) is 0 Å². The zero-order valence-electron chi connectivity index (χ0n) is 12.7. The van der Waals surface area contributed by atoms with Gasteiger partial charge in [0.25, 0.3) is 5.91 Å². The van der Waals surface area contributed by atoms with Gasteiger partial charge in [0.05, 0.1) is 5.25 Å². The minimum Gasteiger partial charge on any atom is -0.381 e. The number of benzene rings is 1. The molecule has 1 aromatic rings. The first kappa shape index (κ1) is 15.8. The van der Waals surface area contributed by atoms with Crippen molar-refractivity contribution in [1.82, 2.24) is 4.90 Å². The molecule has 1 aromatic carbocycles. The van der Waals surface area contributed by atoms with Crippen molar-refractivity contribution in [2.24, 2.45) is 0 Å². The molecule has 0 radical (unpaired) electrons. The van der Waals surface area contributed by atoms with Gasteiger partial charge in [-0.1, -0.05) is 0 Å². The summed E-state index contributed by atoms with van der Waals surface area (Å²) in [6, 6.07) is 7.13. The van der Waals surface area contributed by atoms with Crippen LogP contribution >= 0.6 is 0 Å². The Morgan fingerprint density at radius 3 is 2.33 bits per heavy atom. The first-order chi connectivity index (χ1) is 9.79. The van der Waals surface area contributed by atoms with Crippen LogP contribution in [0.2, 0.25) is 0 Å². The molecular formula is C15H22N2O3S. The maximum atomic E-state index is 11.8. The van der Waals surface area contributed by atoms with Gasteiger partial charge in [-0.05, 0) is 43.5 Å². The Morgan fingerprint density at radius 1 is 1.19 bits per heavy atom. The average molecular weight is 310 g/mol. The van der Waals surface area contributed by atoms with E-state index in [9.17, 15) is 13.2 Å². The minimum absolute atomic E-state index is 0.0450. The molecule has 0 heterocycles. The van der Waals surface area contributed by atoms with Crippen molar-refractivity contribution in [3.05, 3.63) is 29.8 Å². The monoisotopic (exact) mass is 310 g/mol. The summed E-state index contributed by atoms with van der Waals surface area (Å²) in [5.41, 5.74) is 1.47. The average Bonchev–Trinajstić information content (AvgIpc) is 2.87. The Kier molecular flexibility index (Phi) is 4.56. The SMILES string of the molecule is CN(C)C(=O)c1ccc(NC2CCCC2S(C)(=O)=O)cc1. The first-order valence-electron chi connectivity index (χ1n) is 7.06. The van der Waals surface area contributed by atoms with Crippen molar-refractivity contribution in [2.45, 2.75) is 30.6 Å². The van der Waals surface area contributed by atoms with Gasteiger partial charge in [0.15, 0.2) is 9.84 Å². The molecule has 2 rings (SSSR count). The molecule has 5 nitrogen and oxygen atoms in total. The van der Waals surface area contributed by atoms with E-state index in [0.29, 0.717) is 12.0 Å². The highest BCUT2D eigenvalue weighted by atomic mass is 32.2. The summed E-state index contributed by atoms with van der Waals surface area (Å²) in [7, 11) is 0.396. The second kappa shape index (κ2) is 6.05. The molecule has 1 fully saturated rings. The fraction of sp³-hybridized carbons (Fsp3) is 0.533. The van der Waals surface area contributed by atoms with Crippen molar-refractivity contribution >= 4 is 21.4 Å². The van der Waals surface area contributed by atoms with Crippen molar-refractivity contribution < 1.29 is 13.2 Å². The quantitative estimate of drug-likeness (QED) is 0.920. The number of amides is 1. The summed E-state index contributed by atoms with van der Waals surface area (Å²) in [5, 5.41) is 2.97. The predicted molar refractivity (Wildman–Crippen MR) is 84.4 cm³/mol. The Balaban J connectivity index is 2.09. The lowest BCUT2D eigenvalue weighted by Gasteiger charge is -2.21. The molecule has 21 heavy (non-hydrogen) atoms. The fourth-order valence-corrected chi connectivity index (χ4v) is 4.18. The molecule has 0 aliphatic heterocycles. The highest BCUT2D eigenvalue weighted by Gasteiger charge is 2.34. The molecule has 1 saturated carbocycles. The van der Waals surface area contributed by atoms with Crippen molar-refractivity contribution in [3.63, 3.8) is 0 Å². The van der Waals surface area contributed by atoms with Gasteiger partial charge in [-0.15, -0.1) is 0 Å². The highest BCUT2D eigenvalue weighted by molar-refractivity contribution is 7.91. The third-order valence-electron chi connectivity index (χ3n) is 3.89. The van der Waals surface area contributed by atoms with E-state index in [4.69, 9.17) is 0 Å². The largest absolute Gasteiger partial charge is 0.381 e. The van der Waals surface area contributed by atoms with Crippen LogP contribution in [0.1, 0.15) is 29.6 Å². The maximum Gasteiger partial charge on any atom is 0.253 e. The van der Waals surface area contributed by atoms with Crippen LogP contribution in [0.15, 0.2) is 24.3 Å². The van der Waals surface area contributed by atoms with Crippen LogP contribution in [0.4, 0.5) is 5.69 Å². The second-order valence-corrected chi connectivity index (χ2v) is 8.09. The third kappa shape index (κ3) is 3.75. The molecule has 1 amide bonds. The van der Waals surface area contributed by atoms with Crippen LogP contribution in [0, 0.1) is 0 Å². The third-order valence-corrected chi connectivity index (χ3v) is 5.56. The molecule has 6 heteroatoms. The number of nitrogens with one attached hydrogen (secondary N) is 1. The van der Waals surface area contributed by atoms with Gasteiger partial charge in [0, 0.05) is 37.6 Å². The number of sulfone groups is 1. The molecule has 1 N–H and O–H groups in total. The number of nitrogens with zero attached hydrogens (tertiary/aromatic N) is 1. The molecule has 0 saturated heterocycles. The van der Waals surface area contributed by atoms with E-state index in [-0.39, 0.29) is 17.2 Å². The summed E-state index contributed by atoms with van der Waals surface area (Å²) in [5.74, 6) is -0.0450. The molecule has 0 bridgehead atoms. The Bertz CT molecular complexity index is 608. The number of carbonyl (C=O) groups excluding carboxylic acids is 1. The summed E-state index contributed by atoms with van der Waals surface area (Å²) >= 11 is 0. The van der Waals surface area contributed by atoms with E-state index in [1.165, 1.54) is 11.2 Å². The molecule has 116 valence electrons. The van der Waals surface area contributed by atoms with Gasteiger partial charge in [0.1, 0.15) is 0 Å². The number of carbonyl (C=O) groups is 1. The van der Waals surface area contributed by atoms with Gasteiger partial charge >= 0.3 is 0 Å². The second-order valence-electron chi connectivity index (χ2n) is 5.83. The van der Waals surface area contributed by atoms with E-state index in [1.807, 2.05) is 12.1 Å². The molecular weight excluding hydrogens is 288 g/mol. The molecule has 1 aliphatic carbocycles. The number of rotatable bonds is 4. The van der Waals surface area contributed by atoms with Crippen LogP contribution in [0.3, 0.4) is 0 Å². The zero-order chi connectivity index (χ0) is 15.6. The summed E-state index contributed by atoms with van der Waals surface area (Å²) in [6.45, 7) is 0. The van der Waals surface area contributed by atoms with Gasteiger partial charge in [-0.25, -0.2) is 8.42 Å².